The summed E-state index contributed by atoms with van der Waals surface area (Å²) in [4.78, 5) is 8.98. The van der Waals surface area contributed by atoms with E-state index < -0.39 is 0 Å². The summed E-state index contributed by atoms with van der Waals surface area (Å²) >= 11 is 15.8. The Bertz CT molecular complexity index is 818. The van der Waals surface area contributed by atoms with Crippen LogP contribution in [0.3, 0.4) is 0 Å². The minimum Gasteiger partial charge on any atom is -0.228 e. The Hall–Kier alpha value is -1.16. The minimum absolute atomic E-state index is 0.439. The summed E-state index contributed by atoms with van der Waals surface area (Å²) in [6.07, 6.45) is 0. The van der Waals surface area contributed by atoms with Crippen molar-refractivity contribution in [1.82, 2.24) is 9.97 Å². The first-order valence-corrected chi connectivity index (χ1v) is 7.49. The summed E-state index contributed by atoms with van der Waals surface area (Å²) in [5.41, 5.74) is 2.74. The van der Waals surface area contributed by atoms with E-state index >= 15 is 0 Å². The Morgan fingerprint density at radius 1 is 1.05 bits per heavy atom. The van der Waals surface area contributed by atoms with E-state index in [4.69, 9.17) is 23.2 Å². The normalized spacial score (nSPS) is 11.0. The van der Waals surface area contributed by atoms with E-state index in [1.165, 1.54) is 0 Å². The monoisotopic (exact) mass is 366 g/mol. The molecule has 3 aromatic rings. The number of hydrogen-bond donors (Lipinski definition) is 0. The van der Waals surface area contributed by atoms with E-state index in [9.17, 15) is 0 Å². The van der Waals surface area contributed by atoms with Crippen molar-refractivity contribution in [2.75, 3.05) is 0 Å². The first-order chi connectivity index (χ1) is 9.54. The molecule has 0 bridgehead atoms. The number of aryl methyl sites for hydroxylation is 1. The van der Waals surface area contributed by atoms with Crippen LogP contribution in [-0.4, -0.2) is 9.97 Å². The van der Waals surface area contributed by atoms with Gasteiger partial charge in [-0.25, -0.2) is 9.97 Å². The molecule has 0 fully saturated rings. The molecule has 0 aliphatic carbocycles. The highest BCUT2D eigenvalue weighted by Gasteiger charge is 2.11. The van der Waals surface area contributed by atoms with Crippen molar-refractivity contribution in [3.63, 3.8) is 0 Å². The van der Waals surface area contributed by atoms with Gasteiger partial charge in [-0.3, -0.25) is 0 Å². The van der Waals surface area contributed by atoms with Gasteiger partial charge in [0.25, 0.3) is 0 Å². The highest BCUT2D eigenvalue weighted by molar-refractivity contribution is 9.10. The average Bonchev–Trinajstić information content (AvgIpc) is 2.39. The number of hydrogen-bond acceptors (Lipinski definition) is 2. The number of benzene rings is 2. The molecule has 0 aliphatic heterocycles. The van der Waals surface area contributed by atoms with Crippen molar-refractivity contribution < 1.29 is 0 Å². The molecular formula is C15H9BrCl2N2. The molecule has 1 heterocycles. The van der Waals surface area contributed by atoms with Crippen LogP contribution in [0.4, 0.5) is 0 Å². The molecule has 2 nitrogen and oxygen atoms in total. The van der Waals surface area contributed by atoms with Crippen molar-refractivity contribution in [2.24, 2.45) is 0 Å². The predicted molar refractivity (Wildman–Crippen MR) is 87.4 cm³/mol. The second-order valence-corrected chi connectivity index (χ2v) is 6.18. The highest BCUT2D eigenvalue weighted by Crippen LogP contribution is 2.30. The molecule has 0 aliphatic rings. The van der Waals surface area contributed by atoms with Gasteiger partial charge < -0.3 is 0 Å². The molecule has 0 amide bonds. The molecule has 0 saturated heterocycles. The van der Waals surface area contributed by atoms with Crippen LogP contribution in [0, 0.1) is 6.92 Å². The lowest BCUT2D eigenvalue weighted by Crippen LogP contribution is -1.94. The van der Waals surface area contributed by atoms with Gasteiger partial charge in [-0.2, -0.15) is 0 Å². The van der Waals surface area contributed by atoms with Crippen molar-refractivity contribution >= 4 is 50.0 Å². The third-order valence-corrected chi connectivity index (χ3v) is 3.97. The van der Waals surface area contributed by atoms with Crippen molar-refractivity contribution in [3.05, 3.63) is 56.6 Å². The molecule has 0 radical (unpaired) electrons. The van der Waals surface area contributed by atoms with Gasteiger partial charge in [-0.15, -0.1) is 0 Å². The van der Waals surface area contributed by atoms with Crippen LogP contribution in [0.25, 0.3) is 22.3 Å². The van der Waals surface area contributed by atoms with Crippen LogP contribution in [0.5, 0.6) is 0 Å². The summed E-state index contributed by atoms with van der Waals surface area (Å²) in [6, 6.07) is 11.4. The standard InChI is InChI=1S/C15H9BrCl2N2/c1-8-5-10(16)7-12-13(8)19-15(20-14(12)18)9-3-2-4-11(17)6-9/h2-7H,1H3. The highest BCUT2D eigenvalue weighted by atomic mass is 79.9. The molecule has 0 N–H and O–H groups in total. The second-order valence-electron chi connectivity index (χ2n) is 4.47. The fraction of sp³-hybridized carbons (Fsp3) is 0.0667. The SMILES string of the molecule is Cc1cc(Br)cc2c(Cl)nc(-c3cccc(Cl)c3)nc12. The molecule has 3 rings (SSSR count). The van der Waals surface area contributed by atoms with Gasteiger partial charge in [0.2, 0.25) is 0 Å². The van der Waals surface area contributed by atoms with Crippen LogP contribution in [0.15, 0.2) is 40.9 Å². The van der Waals surface area contributed by atoms with Crippen molar-refractivity contribution in [3.8, 4) is 11.4 Å². The van der Waals surface area contributed by atoms with Crippen molar-refractivity contribution in [2.45, 2.75) is 6.92 Å². The molecular weight excluding hydrogens is 359 g/mol. The predicted octanol–water partition coefficient (Wildman–Crippen LogP) is 5.67. The maximum atomic E-state index is 6.29. The molecule has 100 valence electrons. The van der Waals surface area contributed by atoms with Crippen molar-refractivity contribution in [1.29, 1.82) is 0 Å². The Kier molecular flexibility index (Phi) is 3.67. The molecule has 2 aromatic carbocycles. The second kappa shape index (κ2) is 5.32. The van der Waals surface area contributed by atoms with Gasteiger partial charge in [-0.05, 0) is 36.8 Å². The quantitative estimate of drug-likeness (QED) is 0.517. The van der Waals surface area contributed by atoms with Crippen LogP contribution >= 0.6 is 39.1 Å². The maximum absolute atomic E-state index is 6.29. The van der Waals surface area contributed by atoms with Gasteiger partial charge in [-0.1, -0.05) is 51.3 Å². The lowest BCUT2D eigenvalue weighted by molar-refractivity contribution is 1.21. The lowest BCUT2D eigenvalue weighted by atomic mass is 10.1. The Balaban J connectivity index is 2.29. The minimum atomic E-state index is 0.439. The summed E-state index contributed by atoms with van der Waals surface area (Å²) in [7, 11) is 0. The molecule has 0 unspecified atom stereocenters. The summed E-state index contributed by atoms with van der Waals surface area (Å²) in [5, 5.41) is 1.92. The first-order valence-electron chi connectivity index (χ1n) is 5.94. The third kappa shape index (κ3) is 2.53. The molecule has 0 spiro atoms. The number of rotatable bonds is 1. The maximum Gasteiger partial charge on any atom is 0.161 e. The lowest BCUT2D eigenvalue weighted by Gasteiger charge is -2.08. The molecule has 20 heavy (non-hydrogen) atoms. The van der Waals surface area contributed by atoms with Crippen LogP contribution < -0.4 is 0 Å². The smallest absolute Gasteiger partial charge is 0.161 e. The molecule has 5 heteroatoms. The van der Waals surface area contributed by atoms with E-state index in [2.05, 4.69) is 25.9 Å². The van der Waals surface area contributed by atoms with Gasteiger partial charge in [0.05, 0.1) is 5.52 Å². The van der Waals surface area contributed by atoms with E-state index in [1.54, 1.807) is 0 Å². The first kappa shape index (κ1) is 13.8. The molecule has 0 saturated carbocycles. The summed E-state index contributed by atoms with van der Waals surface area (Å²) in [6.45, 7) is 2.00. The number of halogens is 3. The third-order valence-electron chi connectivity index (χ3n) is 2.99. The fourth-order valence-corrected chi connectivity index (χ4v) is 3.07. The van der Waals surface area contributed by atoms with Crippen LogP contribution in [-0.2, 0) is 0 Å². The number of aromatic nitrogens is 2. The zero-order valence-corrected chi connectivity index (χ0v) is 13.6. The van der Waals surface area contributed by atoms with E-state index in [1.807, 2.05) is 43.3 Å². The zero-order valence-electron chi connectivity index (χ0n) is 10.5. The Morgan fingerprint density at radius 2 is 1.85 bits per heavy atom. The topological polar surface area (TPSA) is 25.8 Å². The van der Waals surface area contributed by atoms with Gasteiger partial charge in [0, 0.05) is 20.4 Å². The Labute approximate surface area is 134 Å². The van der Waals surface area contributed by atoms with E-state index in [0.717, 1.165) is 26.5 Å². The number of fused-ring (bicyclic) bond motifs is 1. The molecule has 1 aromatic heterocycles. The average molecular weight is 368 g/mol. The molecule has 0 atom stereocenters. The van der Waals surface area contributed by atoms with Crippen LogP contribution in [0.1, 0.15) is 5.56 Å². The van der Waals surface area contributed by atoms with Gasteiger partial charge >= 0.3 is 0 Å². The zero-order chi connectivity index (χ0) is 14.3. The number of nitrogens with zero attached hydrogens (tertiary/aromatic N) is 2. The van der Waals surface area contributed by atoms with E-state index in [-0.39, 0.29) is 0 Å². The van der Waals surface area contributed by atoms with Crippen LogP contribution in [0.2, 0.25) is 10.2 Å². The van der Waals surface area contributed by atoms with E-state index in [0.29, 0.717) is 16.0 Å². The summed E-state index contributed by atoms with van der Waals surface area (Å²) in [5.74, 6) is 0.579. The van der Waals surface area contributed by atoms with Gasteiger partial charge in [0.15, 0.2) is 5.82 Å². The Morgan fingerprint density at radius 3 is 2.60 bits per heavy atom. The summed E-state index contributed by atoms with van der Waals surface area (Å²) < 4.78 is 0.962. The largest absolute Gasteiger partial charge is 0.228 e. The van der Waals surface area contributed by atoms with Gasteiger partial charge in [0.1, 0.15) is 5.15 Å². The fourth-order valence-electron chi connectivity index (χ4n) is 2.08.